The highest BCUT2D eigenvalue weighted by molar-refractivity contribution is 7.81. The molecule has 0 unspecified atom stereocenters. The molecule has 1 aliphatic heterocycles. The smallest absolute Gasteiger partial charge is 0.155 e. The summed E-state index contributed by atoms with van der Waals surface area (Å²) in [7, 11) is 0. The lowest BCUT2D eigenvalue weighted by Gasteiger charge is -2.40. The van der Waals surface area contributed by atoms with Gasteiger partial charge in [-0.25, -0.2) is 5.53 Å². The topological polar surface area (TPSA) is 118 Å². The molecule has 5 N–H and O–H groups in total. The van der Waals surface area contributed by atoms with E-state index < -0.39 is 29.8 Å². The van der Waals surface area contributed by atoms with Crippen LogP contribution in [0.15, 0.2) is 17.0 Å². The monoisotopic (exact) mass is 277 g/mol. The second-order valence-corrected chi connectivity index (χ2v) is 4.61. The molecular formula is C10H19N3O4S. The van der Waals surface area contributed by atoms with Gasteiger partial charge in [-0.2, -0.15) is 17.7 Å². The molecule has 18 heavy (non-hydrogen) atoms. The highest BCUT2D eigenvalue weighted by Gasteiger charge is 2.42. The first-order valence-electron chi connectivity index (χ1n) is 5.68. The lowest BCUT2D eigenvalue weighted by Crippen LogP contribution is -2.59. The van der Waals surface area contributed by atoms with Crippen LogP contribution in [0.3, 0.4) is 0 Å². The van der Waals surface area contributed by atoms with E-state index in [2.05, 4.69) is 23.1 Å². The number of thiol groups is 1. The predicted molar refractivity (Wildman–Crippen MR) is 67.2 cm³/mol. The summed E-state index contributed by atoms with van der Waals surface area (Å²) in [5, 5.41) is 33.9. The Kier molecular flexibility index (Phi) is 6.03. The Morgan fingerprint density at radius 2 is 2.17 bits per heavy atom. The Morgan fingerprint density at radius 1 is 1.50 bits per heavy atom. The first-order valence-corrected chi connectivity index (χ1v) is 6.19. The lowest BCUT2D eigenvalue weighted by atomic mass is 10.0. The second kappa shape index (κ2) is 7.05. The quantitative estimate of drug-likeness (QED) is 0.302. The molecule has 1 fully saturated rings. The molecule has 5 atom stereocenters. The van der Waals surface area contributed by atoms with E-state index in [-0.39, 0.29) is 6.61 Å². The minimum Gasteiger partial charge on any atom is -0.394 e. The van der Waals surface area contributed by atoms with Crippen molar-refractivity contribution in [2.45, 2.75) is 43.1 Å². The van der Waals surface area contributed by atoms with Crippen LogP contribution in [0.25, 0.3) is 0 Å². The number of ether oxygens (including phenoxy) is 1. The van der Waals surface area contributed by atoms with Gasteiger partial charge in [0.25, 0.3) is 0 Å². The maximum absolute atomic E-state index is 9.87. The summed E-state index contributed by atoms with van der Waals surface area (Å²) in [6, 6.07) is 0. The van der Waals surface area contributed by atoms with Crippen LogP contribution in [0.5, 0.6) is 0 Å². The van der Waals surface area contributed by atoms with Gasteiger partial charge in [0.05, 0.1) is 23.7 Å². The first-order chi connectivity index (χ1) is 8.54. The fraction of sp³-hybridized carbons (Fsp3) is 0.800. The number of nitrogens with zero attached hydrogens (tertiary/aromatic N) is 1. The third-order valence-corrected chi connectivity index (χ3v) is 3.42. The zero-order valence-electron chi connectivity index (χ0n) is 10.0. The van der Waals surface area contributed by atoms with Gasteiger partial charge in [-0.15, -0.1) is 0 Å². The Hall–Kier alpha value is -0.670. The van der Waals surface area contributed by atoms with Crippen LogP contribution in [0.2, 0.25) is 0 Å². The number of aliphatic hydroxyl groups excluding tert-OH is 3. The van der Waals surface area contributed by atoms with E-state index in [4.69, 9.17) is 15.4 Å². The number of aliphatic hydroxyl groups is 3. The third-order valence-electron chi connectivity index (χ3n) is 2.81. The average molecular weight is 277 g/mol. The van der Waals surface area contributed by atoms with E-state index >= 15 is 0 Å². The Bertz CT molecular complexity index is 313. The fourth-order valence-corrected chi connectivity index (χ4v) is 1.98. The molecule has 104 valence electrons. The molecule has 8 heteroatoms. The summed E-state index contributed by atoms with van der Waals surface area (Å²) >= 11 is 4.10. The highest BCUT2D eigenvalue weighted by Crippen LogP contribution is 2.23. The second-order valence-electron chi connectivity index (χ2n) is 4.02. The van der Waals surface area contributed by atoms with E-state index in [0.717, 1.165) is 0 Å². The Balaban J connectivity index is 2.70. The average Bonchev–Trinajstić information content (AvgIpc) is 2.39. The first kappa shape index (κ1) is 15.4. The molecule has 1 aliphatic rings. The van der Waals surface area contributed by atoms with Gasteiger partial charge in [-0.1, -0.05) is 6.92 Å². The SMILES string of the molecule is CC/C(=C/N[C@H]1O[C@H](CO)[C@@H](O)[C@H](S)[C@@H]1O)N=N. The molecule has 0 amide bonds. The molecule has 1 saturated heterocycles. The molecule has 0 bridgehead atoms. The van der Waals surface area contributed by atoms with Crippen molar-refractivity contribution in [3.8, 4) is 0 Å². The van der Waals surface area contributed by atoms with Crippen LogP contribution in [0.4, 0.5) is 0 Å². The number of hydrogen-bond donors (Lipinski definition) is 6. The molecule has 0 saturated carbocycles. The van der Waals surface area contributed by atoms with Gasteiger partial charge in [0.15, 0.2) is 6.23 Å². The van der Waals surface area contributed by atoms with Gasteiger partial charge in [0.2, 0.25) is 0 Å². The zero-order valence-corrected chi connectivity index (χ0v) is 10.9. The third kappa shape index (κ3) is 3.42. The van der Waals surface area contributed by atoms with Crippen molar-refractivity contribution in [2.75, 3.05) is 6.61 Å². The summed E-state index contributed by atoms with van der Waals surface area (Å²) in [6.07, 6.45) is -1.66. The standard InChI is InChI=1S/C10H19N3O4S/c1-2-5(13-11)3-12-10-8(16)9(18)7(15)6(4-14)17-10/h3,6-12,14-16,18H,2,4H2,1H3/b5-3-,13-11?/t6-,7-,8+,9+,10+/m1/s1. The minimum atomic E-state index is -1.04. The van der Waals surface area contributed by atoms with Gasteiger partial charge < -0.3 is 25.4 Å². The van der Waals surface area contributed by atoms with E-state index in [1.165, 1.54) is 6.20 Å². The molecule has 7 nitrogen and oxygen atoms in total. The van der Waals surface area contributed by atoms with Crippen molar-refractivity contribution in [1.29, 1.82) is 5.53 Å². The summed E-state index contributed by atoms with van der Waals surface area (Å²) in [5.74, 6) is 0. The van der Waals surface area contributed by atoms with Crippen LogP contribution in [0, 0.1) is 5.53 Å². The highest BCUT2D eigenvalue weighted by atomic mass is 32.1. The van der Waals surface area contributed by atoms with Crippen LogP contribution in [0.1, 0.15) is 13.3 Å². The van der Waals surface area contributed by atoms with Crippen LogP contribution < -0.4 is 5.32 Å². The predicted octanol–water partition coefficient (Wildman–Crippen LogP) is -0.404. The van der Waals surface area contributed by atoms with E-state index in [0.29, 0.717) is 12.1 Å². The van der Waals surface area contributed by atoms with Crippen LogP contribution >= 0.6 is 12.6 Å². The van der Waals surface area contributed by atoms with E-state index in [1.54, 1.807) is 0 Å². The lowest BCUT2D eigenvalue weighted by molar-refractivity contribution is -0.180. The molecule has 0 aromatic carbocycles. The van der Waals surface area contributed by atoms with Gasteiger partial charge in [-0.05, 0) is 6.42 Å². The zero-order chi connectivity index (χ0) is 13.7. The molecule has 0 spiro atoms. The normalized spacial score (nSPS) is 37.4. The summed E-state index contributed by atoms with van der Waals surface area (Å²) in [6.45, 7) is 1.47. The maximum Gasteiger partial charge on any atom is 0.155 e. The fourth-order valence-electron chi connectivity index (χ4n) is 1.63. The minimum absolute atomic E-state index is 0.365. The number of rotatable bonds is 5. The maximum atomic E-state index is 9.87. The van der Waals surface area contributed by atoms with Crippen molar-refractivity contribution in [2.24, 2.45) is 5.11 Å². The van der Waals surface area contributed by atoms with Crippen LogP contribution in [-0.2, 0) is 4.74 Å². The molecule has 0 aromatic rings. The van der Waals surface area contributed by atoms with E-state index in [9.17, 15) is 10.2 Å². The van der Waals surface area contributed by atoms with Gasteiger partial charge in [-0.3, -0.25) is 0 Å². The number of allylic oxidation sites excluding steroid dienone is 1. The van der Waals surface area contributed by atoms with Gasteiger partial charge in [0.1, 0.15) is 12.2 Å². The molecular weight excluding hydrogens is 258 g/mol. The number of hydrogen-bond acceptors (Lipinski definition) is 8. The molecule has 0 radical (unpaired) electrons. The largest absolute Gasteiger partial charge is 0.394 e. The molecule has 1 heterocycles. The van der Waals surface area contributed by atoms with Crippen molar-refractivity contribution in [1.82, 2.24) is 5.32 Å². The Labute approximate surface area is 111 Å². The summed E-state index contributed by atoms with van der Waals surface area (Å²) < 4.78 is 5.31. The van der Waals surface area contributed by atoms with Crippen molar-refractivity contribution < 1.29 is 20.1 Å². The van der Waals surface area contributed by atoms with E-state index in [1.807, 2.05) is 6.92 Å². The molecule has 1 rings (SSSR count). The van der Waals surface area contributed by atoms with Gasteiger partial charge >= 0.3 is 0 Å². The molecule has 0 aromatic heterocycles. The Morgan fingerprint density at radius 3 is 2.67 bits per heavy atom. The van der Waals surface area contributed by atoms with Gasteiger partial charge in [0, 0.05) is 6.20 Å². The van der Waals surface area contributed by atoms with Crippen molar-refractivity contribution >= 4 is 12.6 Å². The summed E-state index contributed by atoms with van der Waals surface area (Å²) in [5.41, 5.74) is 7.39. The van der Waals surface area contributed by atoms with Crippen molar-refractivity contribution in [3.63, 3.8) is 0 Å². The number of nitrogens with one attached hydrogen (secondary N) is 2. The van der Waals surface area contributed by atoms with Crippen LogP contribution in [-0.4, -0.2) is 51.7 Å². The summed E-state index contributed by atoms with van der Waals surface area (Å²) in [4.78, 5) is 0. The molecule has 0 aliphatic carbocycles. The van der Waals surface area contributed by atoms with Crippen molar-refractivity contribution in [3.05, 3.63) is 11.9 Å².